The van der Waals surface area contributed by atoms with Crippen molar-refractivity contribution in [2.75, 3.05) is 18.6 Å². The monoisotopic (exact) mass is 294 g/mol. The molecule has 17 heavy (non-hydrogen) atoms. The van der Waals surface area contributed by atoms with Crippen LogP contribution in [-0.2, 0) is 10.8 Å². The van der Waals surface area contributed by atoms with Crippen molar-refractivity contribution < 1.29 is 9.00 Å². The minimum atomic E-state index is -0.847. The van der Waals surface area contributed by atoms with Crippen molar-refractivity contribution in [1.29, 1.82) is 0 Å². The van der Waals surface area contributed by atoms with E-state index in [9.17, 15) is 9.00 Å². The van der Waals surface area contributed by atoms with Crippen LogP contribution in [0, 0.1) is 0 Å². The second-order valence-corrected chi connectivity index (χ2v) is 5.70. The fraction of sp³-hybridized carbons (Fsp3) is 0.400. The Morgan fingerprint density at radius 1 is 1.47 bits per heavy atom. The molecule has 4 nitrogen and oxygen atoms in total. The van der Waals surface area contributed by atoms with Gasteiger partial charge < -0.3 is 5.32 Å². The molecule has 0 aromatic carbocycles. The fourth-order valence-electron chi connectivity index (χ4n) is 1.14. The maximum atomic E-state index is 11.7. The van der Waals surface area contributed by atoms with Crippen LogP contribution in [0.25, 0.3) is 0 Å². The normalized spacial score (nSPS) is 12.2. The molecule has 0 aliphatic heterocycles. The Balaban J connectivity index is 2.52. The van der Waals surface area contributed by atoms with Crippen LogP contribution >= 0.6 is 23.2 Å². The lowest BCUT2D eigenvalue weighted by atomic mass is 10.3. The Kier molecular flexibility index (Phi) is 5.88. The van der Waals surface area contributed by atoms with Crippen molar-refractivity contribution in [2.45, 2.75) is 6.42 Å². The van der Waals surface area contributed by atoms with Gasteiger partial charge in [0.1, 0.15) is 10.8 Å². The molecule has 1 amide bonds. The topological polar surface area (TPSA) is 59.1 Å². The summed E-state index contributed by atoms with van der Waals surface area (Å²) < 4.78 is 10.8. The van der Waals surface area contributed by atoms with Crippen LogP contribution in [0.4, 0.5) is 0 Å². The van der Waals surface area contributed by atoms with Gasteiger partial charge >= 0.3 is 0 Å². The molecule has 1 aromatic heterocycles. The Morgan fingerprint density at radius 3 is 2.82 bits per heavy atom. The van der Waals surface area contributed by atoms with E-state index in [1.54, 1.807) is 6.26 Å². The quantitative estimate of drug-likeness (QED) is 0.666. The summed E-state index contributed by atoms with van der Waals surface area (Å²) in [7, 11) is -0.847. The molecule has 0 aliphatic carbocycles. The molecule has 1 rings (SSSR count). The largest absolute Gasteiger partial charge is 0.351 e. The Labute approximate surface area is 112 Å². The van der Waals surface area contributed by atoms with Crippen molar-refractivity contribution in [3.05, 3.63) is 28.0 Å². The number of carbonyl (C=O) groups is 1. The van der Waals surface area contributed by atoms with Gasteiger partial charge in [-0.05, 0) is 18.6 Å². The molecule has 0 saturated carbocycles. The zero-order chi connectivity index (χ0) is 12.8. The number of carbonyl (C=O) groups excluding carboxylic acids is 1. The average Bonchev–Trinajstić information content (AvgIpc) is 2.27. The van der Waals surface area contributed by atoms with E-state index in [0.717, 1.165) is 0 Å². The van der Waals surface area contributed by atoms with Gasteiger partial charge in [-0.25, -0.2) is 4.98 Å². The number of hydrogen-bond acceptors (Lipinski definition) is 3. The molecule has 94 valence electrons. The number of halogens is 2. The smallest absolute Gasteiger partial charge is 0.271 e. The van der Waals surface area contributed by atoms with E-state index in [1.807, 2.05) is 0 Å². The molecular formula is C10H12Cl2N2O2S. The molecule has 0 spiro atoms. The second kappa shape index (κ2) is 6.93. The van der Waals surface area contributed by atoms with Gasteiger partial charge in [-0.15, -0.1) is 0 Å². The first-order valence-corrected chi connectivity index (χ1v) is 7.39. The standard InChI is InChI=1S/C10H12Cl2N2O2S/c1-17(16)6-2-5-13-10(15)9-7(11)3-4-8(12)14-9/h3-4H,2,5-6H2,1H3,(H,13,15). The van der Waals surface area contributed by atoms with Crippen LogP contribution in [0.1, 0.15) is 16.9 Å². The number of hydrogen-bond donors (Lipinski definition) is 1. The molecule has 7 heteroatoms. The number of nitrogens with one attached hydrogen (secondary N) is 1. The van der Waals surface area contributed by atoms with E-state index in [4.69, 9.17) is 23.2 Å². The SMILES string of the molecule is CS(=O)CCCNC(=O)c1nc(Cl)ccc1Cl. The van der Waals surface area contributed by atoms with E-state index < -0.39 is 10.8 Å². The van der Waals surface area contributed by atoms with Crippen LogP contribution in [-0.4, -0.2) is 33.7 Å². The molecule has 1 unspecified atom stereocenters. The number of amides is 1. The summed E-state index contributed by atoms with van der Waals surface area (Å²) in [6, 6.07) is 3.04. The zero-order valence-corrected chi connectivity index (χ0v) is 11.5. The molecule has 0 saturated heterocycles. The van der Waals surface area contributed by atoms with E-state index >= 15 is 0 Å². The van der Waals surface area contributed by atoms with Crippen LogP contribution in [0.5, 0.6) is 0 Å². The van der Waals surface area contributed by atoms with Crippen molar-refractivity contribution in [3.8, 4) is 0 Å². The molecule has 0 aliphatic rings. The summed E-state index contributed by atoms with van der Waals surface area (Å²) in [6.07, 6.45) is 2.27. The lowest BCUT2D eigenvalue weighted by Crippen LogP contribution is -2.26. The Morgan fingerprint density at radius 2 is 2.18 bits per heavy atom. The summed E-state index contributed by atoms with van der Waals surface area (Å²) in [5, 5.41) is 3.12. The lowest BCUT2D eigenvalue weighted by Gasteiger charge is -2.05. The van der Waals surface area contributed by atoms with Crippen LogP contribution in [0.15, 0.2) is 12.1 Å². The zero-order valence-electron chi connectivity index (χ0n) is 9.20. The van der Waals surface area contributed by atoms with Crippen LogP contribution < -0.4 is 5.32 Å². The Bertz CT molecular complexity index is 440. The summed E-state index contributed by atoms with van der Waals surface area (Å²) in [6.45, 7) is 0.433. The summed E-state index contributed by atoms with van der Waals surface area (Å²) in [5.74, 6) is 0.177. The van der Waals surface area contributed by atoms with Gasteiger partial charge in [0, 0.05) is 29.4 Å². The average molecular weight is 295 g/mol. The molecule has 0 radical (unpaired) electrons. The van der Waals surface area contributed by atoms with E-state index in [2.05, 4.69) is 10.3 Å². The van der Waals surface area contributed by atoms with Gasteiger partial charge in [0.2, 0.25) is 0 Å². The third-order valence-corrected chi connectivity index (χ3v) is 3.30. The van der Waals surface area contributed by atoms with Gasteiger partial charge in [-0.1, -0.05) is 23.2 Å². The number of pyridine rings is 1. The lowest BCUT2D eigenvalue weighted by molar-refractivity contribution is 0.0949. The summed E-state index contributed by atoms with van der Waals surface area (Å²) in [4.78, 5) is 15.5. The molecule has 1 heterocycles. The van der Waals surface area contributed by atoms with Gasteiger partial charge in [-0.2, -0.15) is 0 Å². The highest BCUT2D eigenvalue weighted by Crippen LogP contribution is 2.16. The maximum Gasteiger partial charge on any atom is 0.271 e. The predicted octanol–water partition coefficient (Wildman–Crippen LogP) is 1.89. The summed E-state index contributed by atoms with van der Waals surface area (Å²) >= 11 is 11.5. The van der Waals surface area contributed by atoms with Crippen LogP contribution in [0.3, 0.4) is 0 Å². The van der Waals surface area contributed by atoms with Gasteiger partial charge in [0.15, 0.2) is 0 Å². The highest BCUT2D eigenvalue weighted by molar-refractivity contribution is 7.84. The van der Waals surface area contributed by atoms with Gasteiger partial charge in [-0.3, -0.25) is 9.00 Å². The van der Waals surface area contributed by atoms with Gasteiger partial charge in [0.25, 0.3) is 5.91 Å². The number of aromatic nitrogens is 1. The first-order chi connectivity index (χ1) is 8.00. The van der Waals surface area contributed by atoms with E-state index in [0.29, 0.717) is 18.7 Å². The minimum absolute atomic E-state index is 0.108. The summed E-state index contributed by atoms with van der Waals surface area (Å²) in [5.41, 5.74) is 0.108. The van der Waals surface area contributed by atoms with Crippen molar-refractivity contribution in [1.82, 2.24) is 10.3 Å². The molecule has 1 atom stereocenters. The maximum absolute atomic E-state index is 11.7. The van der Waals surface area contributed by atoms with Gasteiger partial charge in [0.05, 0.1) is 5.02 Å². The number of nitrogens with zero attached hydrogens (tertiary/aromatic N) is 1. The van der Waals surface area contributed by atoms with E-state index in [-0.39, 0.29) is 21.8 Å². The van der Waals surface area contributed by atoms with Crippen LogP contribution in [0.2, 0.25) is 10.2 Å². The molecule has 1 N–H and O–H groups in total. The fourth-order valence-corrected chi connectivity index (χ4v) is 2.03. The predicted molar refractivity (Wildman–Crippen MR) is 70.1 cm³/mol. The molecule has 0 fully saturated rings. The van der Waals surface area contributed by atoms with Crippen molar-refractivity contribution in [3.63, 3.8) is 0 Å². The highest BCUT2D eigenvalue weighted by Gasteiger charge is 2.12. The first kappa shape index (κ1) is 14.4. The third kappa shape index (κ3) is 5.02. The first-order valence-electron chi connectivity index (χ1n) is 4.91. The molecular weight excluding hydrogens is 283 g/mol. The van der Waals surface area contributed by atoms with Crippen molar-refractivity contribution in [2.24, 2.45) is 0 Å². The number of rotatable bonds is 5. The third-order valence-electron chi connectivity index (χ3n) is 1.92. The van der Waals surface area contributed by atoms with Crippen molar-refractivity contribution >= 4 is 39.9 Å². The molecule has 1 aromatic rings. The highest BCUT2D eigenvalue weighted by atomic mass is 35.5. The van der Waals surface area contributed by atoms with E-state index in [1.165, 1.54) is 12.1 Å². The second-order valence-electron chi connectivity index (χ2n) is 3.35. The minimum Gasteiger partial charge on any atom is -0.351 e. The Hall–Kier alpha value is -0.650. The molecule has 0 bridgehead atoms.